The van der Waals surface area contributed by atoms with Crippen LogP contribution in [0.1, 0.15) is 55.5 Å². The van der Waals surface area contributed by atoms with Gasteiger partial charge in [0.2, 0.25) is 5.28 Å². The molecule has 1 aromatic heterocycles. The fraction of sp³-hybridized carbons (Fsp3) is 0.421. The van der Waals surface area contributed by atoms with Crippen LogP contribution in [-0.2, 0) is 18.3 Å². The van der Waals surface area contributed by atoms with Gasteiger partial charge in [-0.3, -0.25) is 0 Å². The zero-order valence-corrected chi connectivity index (χ0v) is 15.0. The van der Waals surface area contributed by atoms with Crippen LogP contribution in [0.25, 0.3) is 0 Å². The molecule has 0 saturated carbocycles. The van der Waals surface area contributed by atoms with Crippen molar-refractivity contribution in [3.05, 3.63) is 58.1 Å². The number of nitriles is 1. The second-order valence-corrected chi connectivity index (χ2v) is 6.57. The highest BCUT2D eigenvalue weighted by Gasteiger charge is 2.28. The van der Waals surface area contributed by atoms with Crippen molar-refractivity contribution < 1.29 is 8.78 Å². The standard InChI is InChI=1S/C19H20ClF2N3/c1-3-9-19(2,12-23)16-7-5-14(17(21)22)11-13(16)4-6-15-8-10-24-18(20)25-15/h5,7-8,10-11,17H,3-4,6,9H2,1-2H3. The Bertz CT molecular complexity index is 774. The van der Waals surface area contributed by atoms with Crippen molar-refractivity contribution >= 4 is 11.6 Å². The van der Waals surface area contributed by atoms with E-state index >= 15 is 0 Å². The molecule has 0 aliphatic carbocycles. The first-order valence-corrected chi connectivity index (χ1v) is 8.57. The molecule has 0 amide bonds. The van der Waals surface area contributed by atoms with Gasteiger partial charge in [0.05, 0.1) is 11.5 Å². The van der Waals surface area contributed by atoms with Crippen LogP contribution in [0.5, 0.6) is 0 Å². The minimum Gasteiger partial charge on any atom is -0.227 e. The molecule has 0 aliphatic heterocycles. The monoisotopic (exact) mass is 363 g/mol. The Labute approximate surface area is 151 Å². The lowest BCUT2D eigenvalue weighted by Gasteiger charge is -2.25. The molecular weight excluding hydrogens is 344 g/mol. The molecule has 0 fully saturated rings. The van der Waals surface area contributed by atoms with Gasteiger partial charge in [-0.2, -0.15) is 5.26 Å². The molecule has 6 heteroatoms. The van der Waals surface area contributed by atoms with E-state index in [2.05, 4.69) is 16.0 Å². The molecule has 0 bridgehead atoms. The second kappa shape index (κ2) is 8.35. The number of benzene rings is 1. The van der Waals surface area contributed by atoms with Gasteiger partial charge in [0, 0.05) is 17.5 Å². The SMILES string of the molecule is CCCC(C)(C#N)c1ccc(C(F)F)cc1CCc1ccnc(Cl)n1. The summed E-state index contributed by atoms with van der Waals surface area (Å²) in [6.07, 6.45) is 1.57. The van der Waals surface area contributed by atoms with Crippen molar-refractivity contribution in [2.45, 2.75) is 51.4 Å². The van der Waals surface area contributed by atoms with Gasteiger partial charge < -0.3 is 0 Å². The van der Waals surface area contributed by atoms with Gasteiger partial charge in [0.15, 0.2) is 0 Å². The number of nitrogens with zero attached hydrogens (tertiary/aromatic N) is 3. The lowest BCUT2D eigenvalue weighted by Crippen LogP contribution is -2.22. The van der Waals surface area contributed by atoms with Crippen LogP contribution >= 0.6 is 11.6 Å². The third kappa shape index (κ3) is 4.73. The lowest BCUT2D eigenvalue weighted by atomic mass is 9.76. The molecule has 25 heavy (non-hydrogen) atoms. The Balaban J connectivity index is 2.38. The van der Waals surface area contributed by atoms with Crippen LogP contribution in [0, 0.1) is 11.3 Å². The van der Waals surface area contributed by atoms with Gasteiger partial charge in [0.1, 0.15) is 0 Å². The first kappa shape index (κ1) is 19.3. The van der Waals surface area contributed by atoms with E-state index in [1.165, 1.54) is 12.1 Å². The first-order valence-electron chi connectivity index (χ1n) is 8.19. The average molecular weight is 364 g/mol. The number of alkyl halides is 2. The summed E-state index contributed by atoms with van der Waals surface area (Å²) in [6.45, 7) is 3.87. The number of aryl methyl sites for hydroxylation is 2. The summed E-state index contributed by atoms with van der Waals surface area (Å²) in [5.74, 6) is 0. The fourth-order valence-electron chi connectivity index (χ4n) is 3.02. The van der Waals surface area contributed by atoms with Gasteiger partial charge in [-0.1, -0.05) is 25.5 Å². The highest BCUT2D eigenvalue weighted by atomic mass is 35.5. The van der Waals surface area contributed by atoms with Crippen molar-refractivity contribution in [2.24, 2.45) is 0 Å². The quantitative estimate of drug-likeness (QED) is 0.616. The highest BCUT2D eigenvalue weighted by Crippen LogP contribution is 2.34. The second-order valence-electron chi connectivity index (χ2n) is 6.23. The Morgan fingerprint density at radius 1 is 1.28 bits per heavy atom. The molecule has 1 atom stereocenters. The number of halogens is 3. The summed E-state index contributed by atoms with van der Waals surface area (Å²) in [4.78, 5) is 7.97. The summed E-state index contributed by atoms with van der Waals surface area (Å²) in [5, 5.41) is 9.82. The molecule has 1 heterocycles. The molecule has 0 spiro atoms. The van der Waals surface area contributed by atoms with Crippen molar-refractivity contribution in [2.75, 3.05) is 0 Å². The van der Waals surface area contributed by atoms with E-state index in [4.69, 9.17) is 11.6 Å². The summed E-state index contributed by atoms with van der Waals surface area (Å²) in [7, 11) is 0. The minimum absolute atomic E-state index is 0.0312. The molecule has 0 N–H and O–H groups in total. The predicted molar refractivity (Wildman–Crippen MR) is 93.7 cm³/mol. The van der Waals surface area contributed by atoms with Crippen LogP contribution < -0.4 is 0 Å². The van der Waals surface area contributed by atoms with E-state index < -0.39 is 11.8 Å². The van der Waals surface area contributed by atoms with Crippen LogP contribution in [0.3, 0.4) is 0 Å². The van der Waals surface area contributed by atoms with Gasteiger partial charge in [-0.05, 0) is 61.0 Å². The molecule has 0 aliphatic rings. The van der Waals surface area contributed by atoms with E-state index in [0.29, 0.717) is 19.3 Å². The molecule has 2 rings (SSSR count). The van der Waals surface area contributed by atoms with Crippen molar-refractivity contribution in [3.8, 4) is 6.07 Å². The number of aromatic nitrogens is 2. The molecule has 3 nitrogen and oxygen atoms in total. The minimum atomic E-state index is -2.54. The van der Waals surface area contributed by atoms with Crippen LogP contribution in [0.2, 0.25) is 5.28 Å². The smallest absolute Gasteiger partial charge is 0.227 e. The van der Waals surface area contributed by atoms with Gasteiger partial charge in [0.25, 0.3) is 6.43 Å². The zero-order valence-electron chi connectivity index (χ0n) is 14.3. The maximum Gasteiger partial charge on any atom is 0.263 e. The Morgan fingerprint density at radius 3 is 2.64 bits per heavy atom. The summed E-state index contributed by atoms with van der Waals surface area (Å²) < 4.78 is 26.2. The van der Waals surface area contributed by atoms with Gasteiger partial charge in [-0.15, -0.1) is 0 Å². The molecule has 1 aromatic carbocycles. The summed E-state index contributed by atoms with van der Waals surface area (Å²) in [6, 6.07) is 8.70. The Hall–Kier alpha value is -2.06. The van der Waals surface area contributed by atoms with Crippen LogP contribution in [0.15, 0.2) is 30.5 Å². The van der Waals surface area contributed by atoms with E-state index in [9.17, 15) is 14.0 Å². The summed E-state index contributed by atoms with van der Waals surface area (Å²) in [5.41, 5.74) is 1.57. The largest absolute Gasteiger partial charge is 0.263 e. The third-order valence-corrected chi connectivity index (χ3v) is 4.49. The molecular formula is C19H20ClF2N3. The number of rotatable bonds is 7. The van der Waals surface area contributed by atoms with Crippen molar-refractivity contribution in [3.63, 3.8) is 0 Å². The van der Waals surface area contributed by atoms with E-state index in [-0.39, 0.29) is 10.8 Å². The van der Waals surface area contributed by atoms with E-state index in [0.717, 1.165) is 23.2 Å². The molecule has 0 radical (unpaired) electrons. The zero-order chi connectivity index (χ0) is 18.4. The third-order valence-electron chi connectivity index (χ3n) is 4.31. The fourth-order valence-corrected chi connectivity index (χ4v) is 3.18. The topological polar surface area (TPSA) is 49.6 Å². The average Bonchev–Trinajstić information content (AvgIpc) is 2.60. The van der Waals surface area contributed by atoms with Gasteiger partial charge in [-0.25, -0.2) is 18.7 Å². The number of hydrogen-bond donors (Lipinski definition) is 0. The summed E-state index contributed by atoms with van der Waals surface area (Å²) >= 11 is 5.80. The van der Waals surface area contributed by atoms with Crippen molar-refractivity contribution in [1.82, 2.24) is 9.97 Å². The van der Waals surface area contributed by atoms with E-state index in [1.807, 2.05) is 13.8 Å². The highest BCUT2D eigenvalue weighted by molar-refractivity contribution is 6.28. The van der Waals surface area contributed by atoms with Crippen LogP contribution in [-0.4, -0.2) is 9.97 Å². The maximum absolute atomic E-state index is 13.1. The van der Waals surface area contributed by atoms with E-state index in [1.54, 1.807) is 18.3 Å². The molecule has 132 valence electrons. The normalized spacial score (nSPS) is 13.5. The lowest BCUT2D eigenvalue weighted by molar-refractivity contribution is 0.151. The Kier molecular flexibility index (Phi) is 6.44. The predicted octanol–water partition coefficient (Wildman–Crippen LogP) is 5.43. The molecule has 1 unspecified atom stereocenters. The number of hydrogen-bond acceptors (Lipinski definition) is 3. The van der Waals surface area contributed by atoms with Gasteiger partial charge >= 0.3 is 0 Å². The maximum atomic E-state index is 13.1. The molecule has 0 saturated heterocycles. The Morgan fingerprint density at radius 2 is 2.04 bits per heavy atom. The van der Waals surface area contributed by atoms with Crippen molar-refractivity contribution in [1.29, 1.82) is 5.26 Å². The van der Waals surface area contributed by atoms with Crippen LogP contribution in [0.4, 0.5) is 8.78 Å². The first-order chi connectivity index (χ1) is 11.9. The molecule has 2 aromatic rings.